The molecule has 1 saturated heterocycles. The molecule has 0 aliphatic carbocycles. The Morgan fingerprint density at radius 1 is 1.28 bits per heavy atom. The number of carbonyl (C=O) groups is 1. The first kappa shape index (κ1) is 15.6. The largest absolute Gasteiger partial charge is 0.381 e. The van der Waals surface area contributed by atoms with Gasteiger partial charge < -0.3 is 10.5 Å². The van der Waals surface area contributed by atoms with Gasteiger partial charge in [-0.05, 0) is 43.6 Å². The molecule has 0 bridgehead atoms. The second kappa shape index (κ2) is 7.25. The minimum Gasteiger partial charge on any atom is -0.381 e. The first-order valence-electron chi connectivity index (χ1n) is 7.25. The monoisotopic (exact) mass is 255 g/mol. The fourth-order valence-electron chi connectivity index (χ4n) is 2.75. The zero-order valence-electron chi connectivity index (χ0n) is 12.2. The molecule has 1 aliphatic heterocycles. The highest BCUT2D eigenvalue weighted by Crippen LogP contribution is 2.33. The molecular weight excluding hydrogens is 226 g/mol. The van der Waals surface area contributed by atoms with Crippen molar-refractivity contribution >= 4 is 5.78 Å². The van der Waals surface area contributed by atoms with Crippen LogP contribution in [0.5, 0.6) is 0 Å². The second-order valence-corrected chi connectivity index (χ2v) is 6.53. The van der Waals surface area contributed by atoms with E-state index in [2.05, 4.69) is 20.8 Å². The van der Waals surface area contributed by atoms with Crippen molar-refractivity contribution in [2.75, 3.05) is 19.8 Å². The van der Waals surface area contributed by atoms with Crippen LogP contribution >= 0.6 is 0 Å². The molecular formula is C15H29NO2. The zero-order valence-corrected chi connectivity index (χ0v) is 12.2. The highest BCUT2D eigenvalue weighted by atomic mass is 16.5. The minimum absolute atomic E-state index is 0.245. The highest BCUT2D eigenvalue weighted by Gasteiger charge is 2.26. The molecule has 1 fully saturated rings. The van der Waals surface area contributed by atoms with Gasteiger partial charge in [0.2, 0.25) is 0 Å². The van der Waals surface area contributed by atoms with Gasteiger partial charge in [0.15, 0.2) is 0 Å². The standard InChI is InChI=1S/C15H29NO2/c1-15(2,3)13(6-9-16)4-5-14(17)12-7-10-18-11-8-12/h12-13H,4-11,16H2,1-3H3. The summed E-state index contributed by atoms with van der Waals surface area (Å²) >= 11 is 0. The van der Waals surface area contributed by atoms with Gasteiger partial charge in [0.05, 0.1) is 0 Å². The van der Waals surface area contributed by atoms with E-state index in [4.69, 9.17) is 10.5 Å². The number of rotatable bonds is 6. The van der Waals surface area contributed by atoms with E-state index in [9.17, 15) is 4.79 Å². The molecule has 1 atom stereocenters. The van der Waals surface area contributed by atoms with Gasteiger partial charge in [-0.15, -0.1) is 0 Å². The van der Waals surface area contributed by atoms with Crippen LogP contribution in [0.4, 0.5) is 0 Å². The highest BCUT2D eigenvalue weighted by molar-refractivity contribution is 5.81. The van der Waals surface area contributed by atoms with E-state index in [-0.39, 0.29) is 11.3 Å². The summed E-state index contributed by atoms with van der Waals surface area (Å²) in [4.78, 5) is 12.1. The van der Waals surface area contributed by atoms with Gasteiger partial charge in [0, 0.05) is 25.6 Å². The molecule has 3 heteroatoms. The average molecular weight is 255 g/mol. The van der Waals surface area contributed by atoms with Gasteiger partial charge in [0.1, 0.15) is 5.78 Å². The van der Waals surface area contributed by atoms with E-state index in [1.807, 2.05) is 0 Å². The molecule has 3 nitrogen and oxygen atoms in total. The SMILES string of the molecule is CC(C)(C)C(CCN)CCC(=O)C1CCOCC1. The zero-order chi connectivity index (χ0) is 13.6. The van der Waals surface area contributed by atoms with Crippen LogP contribution in [0, 0.1) is 17.3 Å². The van der Waals surface area contributed by atoms with Crippen molar-refractivity contribution < 1.29 is 9.53 Å². The maximum absolute atomic E-state index is 12.1. The molecule has 0 amide bonds. The quantitative estimate of drug-likeness (QED) is 0.794. The van der Waals surface area contributed by atoms with Crippen LogP contribution in [-0.2, 0) is 9.53 Å². The molecule has 0 spiro atoms. The third-order valence-electron chi connectivity index (χ3n) is 4.16. The maximum Gasteiger partial charge on any atom is 0.136 e. The first-order valence-corrected chi connectivity index (χ1v) is 7.25. The van der Waals surface area contributed by atoms with Gasteiger partial charge in [-0.2, -0.15) is 0 Å². The summed E-state index contributed by atoms with van der Waals surface area (Å²) in [6.45, 7) is 8.95. The average Bonchev–Trinajstić information content (AvgIpc) is 2.33. The first-order chi connectivity index (χ1) is 8.45. The van der Waals surface area contributed by atoms with Gasteiger partial charge in [-0.1, -0.05) is 20.8 Å². The summed E-state index contributed by atoms with van der Waals surface area (Å²) in [5.41, 5.74) is 5.92. The summed E-state index contributed by atoms with van der Waals surface area (Å²) in [6.07, 6.45) is 4.54. The summed E-state index contributed by atoms with van der Waals surface area (Å²) < 4.78 is 5.30. The molecule has 0 aromatic carbocycles. The molecule has 0 radical (unpaired) electrons. The number of ketones is 1. The van der Waals surface area contributed by atoms with Crippen LogP contribution in [0.15, 0.2) is 0 Å². The lowest BCUT2D eigenvalue weighted by Gasteiger charge is -2.31. The predicted molar refractivity (Wildman–Crippen MR) is 74.4 cm³/mol. The molecule has 1 heterocycles. The van der Waals surface area contributed by atoms with Crippen molar-refractivity contribution in [2.45, 2.75) is 52.9 Å². The van der Waals surface area contributed by atoms with Crippen LogP contribution < -0.4 is 5.73 Å². The van der Waals surface area contributed by atoms with Crippen molar-refractivity contribution in [1.29, 1.82) is 0 Å². The Hall–Kier alpha value is -0.410. The minimum atomic E-state index is 0.245. The number of nitrogens with two attached hydrogens (primary N) is 1. The lowest BCUT2D eigenvalue weighted by Crippen LogP contribution is -2.27. The Morgan fingerprint density at radius 2 is 1.89 bits per heavy atom. The van der Waals surface area contributed by atoms with Crippen LogP contribution in [0.2, 0.25) is 0 Å². The fourth-order valence-corrected chi connectivity index (χ4v) is 2.75. The lowest BCUT2D eigenvalue weighted by atomic mass is 9.75. The molecule has 106 valence electrons. The van der Waals surface area contributed by atoms with Crippen molar-refractivity contribution in [2.24, 2.45) is 23.0 Å². The number of hydrogen-bond donors (Lipinski definition) is 1. The van der Waals surface area contributed by atoms with Crippen molar-refractivity contribution in [3.8, 4) is 0 Å². The van der Waals surface area contributed by atoms with E-state index >= 15 is 0 Å². The normalized spacial score (nSPS) is 19.8. The molecule has 1 aliphatic rings. The van der Waals surface area contributed by atoms with Gasteiger partial charge >= 0.3 is 0 Å². The Bertz CT molecular complexity index is 252. The van der Waals surface area contributed by atoms with E-state index in [1.54, 1.807) is 0 Å². The molecule has 1 unspecified atom stereocenters. The van der Waals surface area contributed by atoms with Crippen LogP contribution in [-0.4, -0.2) is 25.5 Å². The van der Waals surface area contributed by atoms with Gasteiger partial charge in [-0.25, -0.2) is 0 Å². The maximum atomic E-state index is 12.1. The van der Waals surface area contributed by atoms with E-state index in [1.165, 1.54) is 0 Å². The van der Waals surface area contributed by atoms with Crippen LogP contribution in [0.25, 0.3) is 0 Å². The van der Waals surface area contributed by atoms with Crippen molar-refractivity contribution in [3.05, 3.63) is 0 Å². The smallest absolute Gasteiger partial charge is 0.136 e. The summed E-state index contributed by atoms with van der Waals surface area (Å²) in [7, 11) is 0. The Balaban J connectivity index is 2.38. The Kier molecular flexibility index (Phi) is 6.30. The summed E-state index contributed by atoms with van der Waals surface area (Å²) in [6, 6.07) is 0. The molecule has 2 N–H and O–H groups in total. The van der Waals surface area contributed by atoms with Gasteiger partial charge in [0.25, 0.3) is 0 Å². The number of ether oxygens (including phenoxy) is 1. The Labute approximate surface area is 111 Å². The second-order valence-electron chi connectivity index (χ2n) is 6.53. The van der Waals surface area contributed by atoms with E-state index in [0.717, 1.165) is 38.9 Å². The molecule has 1 rings (SSSR count). The van der Waals surface area contributed by atoms with Crippen molar-refractivity contribution in [3.63, 3.8) is 0 Å². The number of Topliss-reactive ketones (excluding diaryl/α,β-unsaturated/α-hetero) is 1. The fraction of sp³-hybridized carbons (Fsp3) is 0.933. The third-order valence-corrected chi connectivity index (χ3v) is 4.16. The molecule has 0 saturated carbocycles. The lowest BCUT2D eigenvalue weighted by molar-refractivity contribution is -0.126. The molecule has 0 aromatic heterocycles. The number of hydrogen-bond acceptors (Lipinski definition) is 3. The summed E-state index contributed by atoms with van der Waals surface area (Å²) in [5, 5.41) is 0. The van der Waals surface area contributed by atoms with E-state index < -0.39 is 0 Å². The van der Waals surface area contributed by atoms with E-state index in [0.29, 0.717) is 24.7 Å². The summed E-state index contributed by atoms with van der Waals surface area (Å²) in [5.74, 6) is 1.23. The predicted octanol–water partition coefficient (Wildman–Crippen LogP) is 2.77. The van der Waals surface area contributed by atoms with Crippen LogP contribution in [0.3, 0.4) is 0 Å². The topological polar surface area (TPSA) is 52.3 Å². The molecule has 0 aromatic rings. The van der Waals surface area contributed by atoms with Crippen LogP contribution in [0.1, 0.15) is 52.9 Å². The third kappa shape index (κ3) is 5.07. The van der Waals surface area contributed by atoms with Crippen molar-refractivity contribution in [1.82, 2.24) is 0 Å². The van der Waals surface area contributed by atoms with Gasteiger partial charge in [-0.3, -0.25) is 4.79 Å². The Morgan fingerprint density at radius 3 is 2.39 bits per heavy atom. The number of carbonyl (C=O) groups excluding carboxylic acids is 1. The molecule has 18 heavy (non-hydrogen) atoms.